The van der Waals surface area contributed by atoms with Crippen molar-refractivity contribution in [3.8, 4) is 5.75 Å². The van der Waals surface area contributed by atoms with Crippen molar-refractivity contribution in [1.82, 2.24) is 19.5 Å². The molecule has 1 aliphatic heterocycles. The van der Waals surface area contributed by atoms with Gasteiger partial charge < -0.3 is 18.9 Å². The molecule has 4 rings (SSSR count). The number of hydrogen-bond donors (Lipinski definition) is 1. The molecular formula is C18H18FN5O4. The summed E-state index contributed by atoms with van der Waals surface area (Å²) in [6.45, 7) is 2.58. The number of anilines is 1. The van der Waals surface area contributed by atoms with E-state index in [2.05, 4.69) is 15.0 Å². The second kappa shape index (κ2) is 7.77. The highest BCUT2D eigenvalue weighted by molar-refractivity contribution is 5.72. The molecule has 1 aliphatic rings. The van der Waals surface area contributed by atoms with Crippen molar-refractivity contribution in [3.05, 3.63) is 57.1 Å². The second-order valence-corrected chi connectivity index (χ2v) is 6.23. The van der Waals surface area contributed by atoms with E-state index in [1.807, 2.05) is 0 Å². The molecule has 0 unspecified atom stereocenters. The molecular weight excluding hydrogens is 369 g/mol. The summed E-state index contributed by atoms with van der Waals surface area (Å²) in [6, 6.07) is 5.63. The summed E-state index contributed by atoms with van der Waals surface area (Å²) in [4.78, 5) is 37.7. The van der Waals surface area contributed by atoms with Crippen LogP contribution in [0.25, 0.3) is 11.0 Å². The molecule has 1 fully saturated rings. The number of nitrogens with zero attached hydrogens (tertiary/aromatic N) is 4. The van der Waals surface area contributed by atoms with E-state index in [4.69, 9.17) is 9.47 Å². The van der Waals surface area contributed by atoms with Gasteiger partial charge in [-0.05, 0) is 24.3 Å². The first kappa shape index (κ1) is 18.1. The van der Waals surface area contributed by atoms with E-state index in [1.54, 1.807) is 9.47 Å². The highest BCUT2D eigenvalue weighted by Crippen LogP contribution is 2.12. The Morgan fingerprint density at radius 2 is 1.93 bits per heavy atom. The number of H-pyrrole nitrogens is 1. The van der Waals surface area contributed by atoms with Crippen LogP contribution in [0.3, 0.4) is 0 Å². The van der Waals surface area contributed by atoms with E-state index in [0.717, 1.165) is 0 Å². The van der Waals surface area contributed by atoms with E-state index in [-0.39, 0.29) is 36.0 Å². The minimum Gasteiger partial charge on any atom is -0.492 e. The molecule has 2 aromatic heterocycles. The smallest absolute Gasteiger partial charge is 0.301 e. The van der Waals surface area contributed by atoms with E-state index < -0.39 is 11.1 Å². The number of benzene rings is 1. The fourth-order valence-electron chi connectivity index (χ4n) is 3.00. The van der Waals surface area contributed by atoms with Crippen LogP contribution in [-0.4, -0.2) is 52.4 Å². The molecule has 0 atom stereocenters. The number of halogens is 1. The normalized spacial score (nSPS) is 14.4. The molecule has 0 amide bonds. The molecule has 3 heterocycles. The zero-order valence-electron chi connectivity index (χ0n) is 14.9. The van der Waals surface area contributed by atoms with Gasteiger partial charge in [0, 0.05) is 13.1 Å². The molecule has 1 saturated heterocycles. The molecule has 0 spiro atoms. The number of ether oxygens (including phenoxy) is 2. The van der Waals surface area contributed by atoms with Gasteiger partial charge in [-0.3, -0.25) is 14.6 Å². The Bertz CT molecular complexity index is 1090. The monoisotopic (exact) mass is 387 g/mol. The summed E-state index contributed by atoms with van der Waals surface area (Å²) in [7, 11) is 0. The van der Waals surface area contributed by atoms with Crippen LogP contribution in [0.4, 0.5) is 10.3 Å². The predicted octanol–water partition coefficient (Wildman–Crippen LogP) is 0.534. The third-order valence-corrected chi connectivity index (χ3v) is 4.41. The van der Waals surface area contributed by atoms with Gasteiger partial charge in [-0.1, -0.05) is 0 Å². The van der Waals surface area contributed by atoms with Crippen LogP contribution in [0.5, 0.6) is 5.75 Å². The van der Waals surface area contributed by atoms with Gasteiger partial charge >= 0.3 is 5.56 Å². The average Bonchev–Trinajstić information content (AvgIpc) is 3.08. The first-order valence-corrected chi connectivity index (χ1v) is 8.82. The molecule has 146 valence electrons. The maximum atomic E-state index is 12.9. The SMILES string of the molecule is O=c1nc(N2CCOCC2)[nH]c(=O)c2c1ncn2CCOc1ccc(F)cc1. The fraction of sp³-hybridized carbons (Fsp3) is 0.333. The summed E-state index contributed by atoms with van der Waals surface area (Å²) in [5.74, 6) is 0.370. The van der Waals surface area contributed by atoms with Crippen LogP contribution in [0.2, 0.25) is 0 Å². The third-order valence-electron chi connectivity index (χ3n) is 4.41. The molecule has 3 aromatic rings. The standard InChI is InChI=1S/C18H18FN5O4/c19-12-1-3-13(4-2-12)28-10-7-24-11-20-14-15(24)17(26)22-18(21-16(14)25)23-5-8-27-9-6-23/h1-4,11H,5-10H2,(H,21,22,25,26). The number of rotatable bonds is 5. The van der Waals surface area contributed by atoms with Crippen LogP contribution >= 0.6 is 0 Å². The van der Waals surface area contributed by atoms with Gasteiger partial charge in [0.25, 0.3) is 5.56 Å². The van der Waals surface area contributed by atoms with Gasteiger partial charge in [0.05, 0.1) is 26.1 Å². The molecule has 1 aromatic carbocycles. The van der Waals surface area contributed by atoms with Gasteiger partial charge in [0.1, 0.15) is 23.7 Å². The lowest BCUT2D eigenvalue weighted by molar-refractivity contribution is 0.122. The molecule has 9 nitrogen and oxygen atoms in total. The van der Waals surface area contributed by atoms with Gasteiger partial charge in [-0.15, -0.1) is 0 Å². The second-order valence-electron chi connectivity index (χ2n) is 6.23. The largest absolute Gasteiger partial charge is 0.492 e. The van der Waals surface area contributed by atoms with Crippen molar-refractivity contribution < 1.29 is 13.9 Å². The van der Waals surface area contributed by atoms with Gasteiger partial charge in [-0.2, -0.15) is 4.98 Å². The Morgan fingerprint density at radius 1 is 1.18 bits per heavy atom. The lowest BCUT2D eigenvalue weighted by Crippen LogP contribution is -2.38. The maximum Gasteiger partial charge on any atom is 0.301 e. The van der Waals surface area contributed by atoms with Crippen molar-refractivity contribution in [1.29, 1.82) is 0 Å². The van der Waals surface area contributed by atoms with Crippen LogP contribution in [-0.2, 0) is 11.3 Å². The number of aromatic nitrogens is 4. The Balaban J connectivity index is 1.60. The number of aromatic amines is 1. The van der Waals surface area contributed by atoms with Crippen LogP contribution in [0, 0.1) is 5.82 Å². The van der Waals surface area contributed by atoms with Crippen LogP contribution in [0.15, 0.2) is 40.2 Å². The summed E-state index contributed by atoms with van der Waals surface area (Å²) in [5, 5.41) is 0. The molecule has 28 heavy (non-hydrogen) atoms. The Labute approximate surface area is 158 Å². The highest BCUT2D eigenvalue weighted by atomic mass is 19.1. The number of morpholine rings is 1. The minimum absolute atomic E-state index is 0.00235. The number of imidazole rings is 1. The number of hydrogen-bond acceptors (Lipinski definition) is 7. The summed E-state index contributed by atoms with van der Waals surface area (Å²) in [6.07, 6.45) is 1.41. The summed E-state index contributed by atoms with van der Waals surface area (Å²) in [5.41, 5.74) is -0.888. The number of nitrogens with one attached hydrogen (secondary N) is 1. The van der Waals surface area contributed by atoms with E-state index in [9.17, 15) is 14.0 Å². The van der Waals surface area contributed by atoms with Crippen molar-refractivity contribution in [2.75, 3.05) is 37.8 Å². The van der Waals surface area contributed by atoms with E-state index >= 15 is 0 Å². The van der Waals surface area contributed by atoms with Crippen molar-refractivity contribution in [2.24, 2.45) is 0 Å². The van der Waals surface area contributed by atoms with Crippen LogP contribution < -0.4 is 20.8 Å². The molecule has 0 saturated carbocycles. The summed E-state index contributed by atoms with van der Waals surface area (Å²) < 4.78 is 25.3. The van der Waals surface area contributed by atoms with Gasteiger partial charge in [-0.25, -0.2) is 9.37 Å². The highest BCUT2D eigenvalue weighted by Gasteiger charge is 2.17. The predicted molar refractivity (Wildman–Crippen MR) is 99.3 cm³/mol. The zero-order chi connectivity index (χ0) is 19.5. The average molecular weight is 387 g/mol. The first-order chi connectivity index (χ1) is 13.6. The quantitative estimate of drug-likeness (QED) is 0.681. The fourth-order valence-corrected chi connectivity index (χ4v) is 3.00. The third kappa shape index (κ3) is 3.72. The molecule has 0 aliphatic carbocycles. The van der Waals surface area contributed by atoms with Crippen molar-refractivity contribution in [2.45, 2.75) is 6.54 Å². The Hall–Kier alpha value is -3.27. The zero-order valence-corrected chi connectivity index (χ0v) is 14.9. The van der Waals surface area contributed by atoms with Gasteiger partial charge in [0.15, 0.2) is 5.52 Å². The topological polar surface area (TPSA) is 102 Å². The Kier molecular flexibility index (Phi) is 5.02. The van der Waals surface area contributed by atoms with Crippen LogP contribution in [0.1, 0.15) is 0 Å². The maximum absolute atomic E-state index is 12.9. The van der Waals surface area contributed by atoms with Gasteiger partial charge in [0.2, 0.25) is 5.95 Å². The Morgan fingerprint density at radius 3 is 2.68 bits per heavy atom. The van der Waals surface area contributed by atoms with Crippen molar-refractivity contribution >= 4 is 17.0 Å². The molecule has 0 bridgehead atoms. The lowest BCUT2D eigenvalue weighted by Gasteiger charge is -2.26. The lowest BCUT2D eigenvalue weighted by atomic mass is 10.3. The molecule has 10 heteroatoms. The van der Waals surface area contributed by atoms with E-state index in [0.29, 0.717) is 32.1 Å². The number of fused-ring (bicyclic) bond motifs is 1. The minimum atomic E-state index is -0.576. The molecule has 0 radical (unpaired) electrons. The van der Waals surface area contributed by atoms with Crippen molar-refractivity contribution in [3.63, 3.8) is 0 Å². The first-order valence-electron chi connectivity index (χ1n) is 8.82. The summed E-state index contributed by atoms with van der Waals surface area (Å²) >= 11 is 0. The molecule has 1 N–H and O–H groups in total. The van der Waals surface area contributed by atoms with E-state index in [1.165, 1.54) is 30.6 Å².